The predicted octanol–water partition coefficient (Wildman–Crippen LogP) is 3.75. The van der Waals surface area contributed by atoms with Crippen LogP contribution >= 0.6 is 22.6 Å². The number of rotatable bonds is 3. The van der Waals surface area contributed by atoms with Crippen molar-refractivity contribution in [3.05, 3.63) is 63.6 Å². The van der Waals surface area contributed by atoms with E-state index in [4.69, 9.17) is 0 Å². The fourth-order valence-corrected chi connectivity index (χ4v) is 2.61. The van der Waals surface area contributed by atoms with Gasteiger partial charge < -0.3 is 5.32 Å². The van der Waals surface area contributed by atoms with Crippen molar-refractivity contribution in [3.8, 4) is 0 Å². The van der Waals surface area contributed by atoms with Gasteiger partial charge in [0, 0.05) is 15.5 Å². The maximum atomic E-state index is 12.6. The molecule has 0 aliphatic heterocycles. The normalized spacial score (nSPS) is 10.8. The Kier molecular flexibility index (Phi) is 3.92. The standard InChI is InChI=1S/C16H14IN3O/c1-2-13-15(20-10-4-3-5-14(20)19-13)16(21)18-12-8-6-11(17)7-9-12/h3-10H,2H2,1H3,(H,18,21). The highest BCUT2D eigenvalue weighted by molar-refractivity contribution is 14.1. The number of benzene rings is 1. The maximum Gasteiger partial charge on any atom is 0.274 e. The topological polar surface area (TPSA) is 46.4 Å². The van der Waals surface area contributed by atoms with Crippen molar-refractivity contribution in [1.29, 1.82) is 0 Å². The Bertz CT molecular complexity index is 793. The number of nitrogens with one attached hydrogen (secondary N) is 1. The molecule has 1 aromatic carbocycles. The van der Waals surface area contributed by atoms with E-state index in [2.05, 4.69) is 32.9 Å². The molecule has 21 heavy (non-hydrogen) atoms. The molecule has 0 fully saturated rings. The molecule has 0 spiro atoms. The summed E-state index contributed by atoms with van der Waals surface area (Å²) in [6.45, 7) is 2.00. The van der Waals surface area contributed by atoms with Gasteiger partial charge in [-0.15, -0.1) is 0 Å². The number of fused-ring (bicyclic) bond motifs is 1. The summed E-state index contributed by atoms with van der Waals surface area (Å²) in [5, 5.41) is 2.94. The predicted molar refractivity (Wildman–Crippen MR) is 91.7 cm³/mol. The molecular formula is C16H14IN3O. The Hall–Kier alpha value is -1.89. The van der Waals surface area contributed by atoms with Crippen molar-refractivity contribution in [2.75, 3.05) is 5.32 Å². The molecule has 0 saturated heterocycles. The third kappa shape index (κ3) is 2.78. The monoisotopic (exact) mass is 391 g/mol. The molecule has 0 saturated carbocycles. The van der Waals surface area contributed by atoms with Gasteiger partial charge in [0.15, 0.2) is 0 Å². The molecule has 106 valence electrons. The first kappa shape index (κ1) is 14.1. The molecule has 1 N–H and O–H groups in total. The SMILES string of the molecule is CCc1nc2ccccn2c1C(=O)Nc1ccc(I)cc1. The fraction of sp³-hybridized carbons (Fsp3) is 0.125. The zero-order chi connectivity index (χ0) is 14.8. The second kappa shape index (κ2) is 5.85. The minimum absolute atomic E-state index is 0.133. The molecule has 0 atom stereocenters. The van der Waals surface area contributed by atoms with Gasteiger partial charge in [-0.2, -0.15) is 0 Å². The fourth-order valence-electron chi connectivity index (χ4n) is 2.26. The number of anilines is 1. The average Bonchev–Trinajstić information content (AvgIpc) is 2.88. The average molecular weight is 391 g/mol. The molecule has 0 aliphatic carbocycles. The van der Waals surface area contributed by atoms with Crippen LogP contribution in [-0.4, -0.2) is 15.3 Å². The van der Waals surface area contributed by atoms with Gasteiger partial charge in [-0.25, -0.2) is 4.98 Å². The quantitative estimate of drug-likeness (QED) is 0.692. The second-order valence-corrected chi connectivity index (χ2v) is 5.90. The van der Waals surface area contributed by atoms with E-state index >= 15 is 0 Å². The van der Waals surface area contributed by atoms with Crippen molar-refractivity contribution in [2.24, 2.45) is 0 Å². The summed E-state index contributed by atoms with van der Waals surface area (Å²) in [4.78, 5) is 17.1. The van der Waals surface area contributed by atoms with E-state index < -0.39 is 0 Å². The number of aromatic nitrogens is 2. The molecule has 0 unspecified atom stereocenters. The number of carbonyl (C=O) groups is 1. The van der Waals surface area contributed by atoms with Crippen molar-refractivity contribution in [3.63, 3.8) is 0 Å². The molecule has 0 radical (unpaired) electrons. The van der Waals surface area contributed by atoms with Crippen molar-refractivity contribution in [2.45, 2.75) is 13.3 Å². The van der Waals surface area contributed by atoms with E-state index in [1.54, 1.807) is 0 Å². The first-order valence-corrected chi connectivity index (χ1v) is 7.80. The highest BCUT2D eigenvalue weighted by Crippen LogP contribution is 2.17. The largest absolute Gasteiger partial charge is 0.321 e. The Balaban J connectivity index is 1.99. The van der Waals surface area contributed by atoms with E-state index in [9.17, 15) is 4.79 Å². The summed E-state index contributed by atoms with van der Waals surface area (Å²) in [5.74, 6) is -0.133. The number of pyridine rings is 1. The molecule has 4 nitrogen and oxygen atoms in total. The van der Waals surface area contributed by atoms with Crippen LogP contribution in [-0.2, 0) is 6.42 Å². The smallest absolute Gasteiger partial charge is 0.274 e. The molecule has 5 heteroatoms. The number of halogens is 1. The summed E-state index contributed by atoms with van der Waals surface area (Å²) in [7, 11) is 0. The van der Waals surface area contributed by atoms with Gasteiger partial charge in [0.2, 0.25) is 0 Å². The van der Waals surface area contributed by atoms with Crippen LogP contribution < -0.4 is 5.32 Å². The third-order valence-electron chi connectivity index (χ3n) is 3.25. The first-order valence-electron chi connectivity index (χ1n) is 6.72. The van der Waals surface area contributed by atoms with Crippen molar-refractivity contribution < 1.29 is 4.79 Å². The second-order valence-electron chi connectivity index (χ2n) is 4.65. The van der Waals surface area contributed by atoms with E-state index in [1.165, 1.54) is 0 Å². The highest BCUT2D eigenvalue weighted by atomic mass is 127. The van der Waals surface area contributed by atoms with Gasteiger partial charge in [-0.05, 0) is 65.4 Å². The molecule has 3 aromatic rings. The summed E-state index contributed by atoms with van der Waals surface area (Å²) in [6, 6.07) is 13.4. The van der Waals surface area contributed by atoms with Crippen LogP contribution in [0.5, 0.6) is 0 Å². The number of hydrogen-bond donors (Lipinski definition) is 1. The summed E-state index contributed by atoms with van der Waals surface area (Å²) >= 11 is 2.24. The maximum absolute atomic E-state index is 12.6. The van der Waals surface area contributed by atoms with Crippen LogP contribution in [0.2, 0.25) is 0 Å². The lowest BCUT2D eigenvalue weighted by Crippen LogP contribution is -2.16. The van der Waals surface area contributed by atoms with Crippen LogP contribution in [0.1, 0.15) is 23.1 Å². The number of imidazole rings is 1. The van der Waals surface area contributed by atoms with Crippen LogP contribution in [0, 0.1) is 3.57 Å². The van der Waals surface area contributed by atoms with Crippen LogP contribution in [0.3, 0.4) is 0 Å². The van der Waals surface area contributed by atoms with E-state index in [-0.39, 0.29) is 5.91 Å². The minimum Gasteiger partial charge on any atom is -0.321 e. The van der Waals surface area contributed by atoms with Gasteiger partial charge in [-0.3, -0.25) is 9.20 Å². The van der Waals surface area contributed by atoms with Crippen LogP contribution in [0.4, 0.5) is 5.69 Å². The first-order chi connectivity index (χ1) is 10.2. The minimum atomic E-state index is -0.133. The van der Waals surface area contributed by atoms with Crippen molar-refractivity contribution in [1.82, 2.24) is 9.38 Å². The number of nitrogens with zero attached hydrogens (tertiary/aromatic N) is 2. The number of aryl methyl sites for hydroxylation is 1. The van der Waals surface area contributed by atoms with E-state index in [1.807, 2.05) is 60.0 Å². The summed E-state index contributed by atoms with van der Waals surface area (Å²) in [5.41, 5.74) is 2.99. The van der Waals surface area contributed by atoms with Gasteiger partial charge in [0.25, 0.3) is 5.91 Å². The lowest BCUT2D eigenvalue weighted by atomic mass is 10.2. The van der Waals surface area contributed by atoms with Crippen molar-refractivity contribution >= 4 is 39.8 Å². The van der Waals surface area contributed by atoms with E-state index in [0.29, 0.717) is 5.69 Å². The Labute approximate surface area is 136 Å². The zero-order valence-corrected chi connectivity index (χ0v) is 13.7. The summed E-state index contributed by atoms with van der Waals surface area (Å²) in [6.07, 6.45) is 2.58. The van der Waals surface area contributed by atoms with Gasteiger partial charge >= 0.3 is 0 Å². The van der Waals surface area contributed by atoms with Gasteiger partial charge in [0.05, 0.1) is 5.69 Å². The lowest BCUT2D eigenvalue weighted by molar-refractivity contribution is 0.102. The number of hydrogen-bond acceptors (Lipinski definition) is 2. The Morgan fingerprint density at radius 3 is 2.71 bits per heavy atom. The molecule has 2 heterocycles. The summed E-state index contributed by atoms with van der Waals surface area (Å²) < 4.78 is 2.97. The Morgan fingerprint density at radius 2 is 2.00 bits per heavy atom. The lowest BCUT2D eigenvalue weighted by Gasteiger charge is -2.06. The molecule has 2 aromatic heterocycles. The van der Waals surface area contributed by atoms with Crippen LogP contribution in [0.15, 0.2) is 48.7 Å². The molecule has 3 rings (SSSR count). The van der Waals surface area contributed by atoms with Gasteiger partial charge in [-0.1, -0.05) is 13.0 Å². The number of carbonyl (C=O) groups excluding carboxylic acids is 1. The van der Waals surface area contributed by atoms with E-state index in [0.717, 1.165) is 27.0 Å². The zero-order valence-electron chi connectivity index (χ0n) is 11.5. The molecular weight excluding hydrogens is 377 g/mol. The third-order valence-corrected chi connectivity index (χ3v) is 3.97. The number of amides is 1. The molecule has 1 amide bonds. The molecule has 0 bridgehead atoms. The van der Waals surface area contributed by atoms with Crippen LogP contribution in [0.25, 0.3) is 5.65 Å². The molecule has 0 aliphatic rings. The highest BCUT2D eigenvalue weighted by Gasteiger charge is 2.17. The van der Waals surface area contributed by atoms with Gasteiger partial charge in [0.1, 0.15) is 11.3 Å². The Morgan fingerprint density at radius 1 is 1.24 bits per heavy atom.